The average molecular weight is 409 g/mol. The summed E-state index contributed by atoms with van der Waals surface area (Å²) in [4.78, 5) is 18.9. The number of benzene rings is 1. The SMILES string of the molecule is C=C(C)Cn1nc(SCCC)n2c(=O)c3c(nc12)-c1ccccc1CC3(C)CC. The molecule has 1 aromatic carbocycles. The fourth-order valence-corrected chi connectivity index (χ4v) is 4.99. The Morgan fingerprint density at radius 2 is 2.07 bits per heavy atom. The number of thioether (sulfide) groups is 1. The van der Waals surface area contributed by atoms with Crippen LogP contribution in [0.1, 0.15) is 51.7 Å². The van der Waals surface area contributed by atoms with Gasteiger partial charge in [-0.05, 0) is 31.7 Å². The van der Waals surface area contributed by atoms with Crippen molar-refractivity contribution in [3.8, 4) is 11.3 Å². The van der Waals surface area contributed by atoms with E-state index in [-0.39, 0.29) is 11.0 Å². The van der Waals surface area contributed by atoms with Crippen molar-refractivity contribution in [2.75, 3.05) is 5.75 Å². The normalized spacial score (nSPS) is 17.9. The molecule has 1 aliphatic carbocycles. The Morgan fingerprint density at radius 1 is 1.31 bits per heavy atom. The van der Waals surface area contributed by atoms with Crippen molar-refractivity contribution in [3.63, 3.8) is 0 Å². The first kappa shape index (κ1) is 20.0. The zero-order chi connectivity index (χ0) is 20.8. The lowest BCUT2D eigenvalue weighted by Crippen LogP contribution is -2.37. The van der Waals surface area contributed by atoms with E-state index in [2.05, 4.69) is 45.5 Å². The number of hydrogen-bond acceptors (Lipinski definition) is 4. The zero-order valence-corrected chi connectivity index (χ0v) is 18.5. The molecule has 0 radical (unpaired) electrons. The smallest absolute Gasteiger partial charge is 0.265 e. The van der Waals surface area contributed by atoms with Crippen LogP contribution >= 0.6 is 11.8 Å². The molecule has 29 heavy (non-hydrogen) atoms. The molecule has 0 N–H and O–H groups in total. The van der Waals surface area contributed by atoms with Crippen molar-refractivity contribution >= 4 is 17.5 Å². The third kappa shape index (κ3) is 3.23. The molecule has 2 aromatic heterocycles. The standard InChI is InChI=1S/C23H28N4OS/c1-6-12-29-22-25-26(14-15(3)4)21-24-19-17-11-9-8-10-16(17)13-23(5,7-2)18(19)20(28)27(21)22/h8-11H,3,6-7,12-14H2,1-2,4-5H3. The minimum atomic E-state index is -0.238. The summed E-state index contributed by atoms with van der Waals surface area (Å²) in [7, 11) is 0. The molecule has 0 bridgehead atoms. The van der Waals surface area contributed by atoms with Crippen molar-refractivity contribution in [1.82, 2.24) is 19.2 Å². The molecule has 0 amide bonds. The number of aromatic nitrogens is 4. The van der Waals surface area contributed by atoms with Crippen molar-refractivity contribution < 1.29 is 0 Å². The van der Waals surface area contributed by atoms with Gasteiger partial charge in [0.25, 0.3) is 5.56 Å². The second-order valence-corrected chi connectivity index (χ2v) is 9.33. The van der Waals surface area contributed by atoms with Crippen LogP contribution in [-0.2, 0) is 18.4 Å². The first-order chi connectivity index (χ1) is 13.9. The Labute approximate surface area is 175 Å². The van der Waals surface area contributed by atoms with E-state index in [0.29, 0.717) is 12.3 Å². The topological polar surface area (TPSA) is 52.2 Å². The van der Waals surface area contributed by atoms with Crippen molar-refractivity contribution in [1.29, 1.82) is 0 Å². The molecule has 1 atom stereocenters. The molecular formula is C23H28N4OS. The third-order valence-electron chi connectivity index (χ3n) is 5.79. The minimum Gasteiger partial charge on any atom is -0.268 e. The quantitative estimate of drug-likeness (QED) is 0.432. The van der Waals surface area contributed by atoms with E-state index < -0.39 is 0 Å². The number of nitrogens with zero attached hydrogens (tertiary/aromatic N) is 4. The Bertz CT molecular complexity index is 1160. The second-order valence-electron chi connectivity index (χ2n) is 8.27. The first-order valence-corrected chi connectivity index (χ1v) is 11.3. The van der Waals surface area contributed by atoms with Crippen LogP contribution in [0.2, 0.25) is 0 Å². The molecular weight excluding hydrogens is 380 g/mol. The maximum atomic E-state index is 13.9. The highest BCUT2D eigenvalue weighted by Gasteiger charge is 2.38. The van der Waals surface area contributed by atoms with Crippen molar-refractivity contribution in [2.45, 2.75) is 64.1 Å². The summed E-state index contributed by atoms with van der Waals surface area (Å²) in [5, 5.41) is 5.47. The lowest BCUT2D eigenvalue weighted by atomic mass is 9.69. The summed E-state index contributed by atoms with van der Waals surface area (Å²) < 4.78 is 3.55. The Balaban J connectivity index is 2.08. The van der Waals surface area contributed by atoms with Gasteiger partial charge in [0.2, 0.25) is 5.78 Å². The van der Waals surface area contributed by atoms with E-state index in [9.17, 15) is 4.79 Å². The highest BCUT2D eigenvalue weighted by atomic mass is 32.2. The van der Waals surface area contributed by atoms with Gasteiger partial charge in [0.1, 0.15) is 0 Å². The van der Waals surface area contributed by atoms with Gasteiger partial charge in [0.05, 0.1) is 17.8 Å². The predicted octanol–water partition coefficient (Wildman–Crippen LogP) is 4.86. The maximum absolute atomic E-state index is 13.9. The van der Waals surface area contributed by atoms with E-state index in [0.717, 1.165) is 52.6 Å². The van der Waals surface area contributed by atoms with Crippen LogP contribution in [0, 0.1) is 0 Å². The van der Waals surface area contributed by atoms with E-state index in [1.165, 1.54) is 5.56 Å². The van der Waals surface area contributed by atoms with Crippen LogP contribution in [0.4, 0.5) is 0 Å². The summed E-state index contributed by atoms with van der Waals surface area (Å²) in [6.45, 7) is 13.0. The Kier molecular flexibility index (Phi) is 5.15. The first-order valence-electron chi connectivity index (χ1n) is 10.3. The Morgan fingerprint density at radius 3 is 2.76 bits per heavy atom. The summed E-state index contributed by atoms with van der Waals surface area (Å²) in [6.07, 6.45) is 2.76. The third-order valence-corrected chi connectivity index (χ3v) is 6.92. The van der Waals surface area contributed by atoms with Gasteiger partial charge in [0.15, 0.2) is 5.16 Å². The summed E-state index contributed by atoms with van der Waals surface area (Å²) in [5.74, 6) is 1.52. The number of allylic oxidation sites excluding steroid dienone is 1. The number of rotatable bonds is 6. The molecule has 0 fully saturated rings. The molecule has 0 spiro atoms. The molecule has 1 unspecified atom stereocenters. The van der Waals surface area contributed by atoms with Gasteiger partial charge in [-0.2, -0.15) is 0 Å². The maximum Gasteiger partial charge on any atom is 0.265 e. The lowest BCUT2D eigenvalue weighted by molar-refractivity contribution is 0.439. The van der Waals surface area contributed by atoms with Crippen LogP contribution in [0.5, 0.6) is 0 Å². The number of hydrogen-bond donors (Lipinski definition) is 0. The van der Waals surface area contributed by atoms with Crippen LogP contribution < -0.4 is 5.56 Å². The molecule has 1 aliphatic rings. The predicted molar refractivity (Wildman–Crippen MR) is 120 cm³/mol. The monoisotopic (exact) mass is 408 g/mol. The summed E-state index contributed by atoms with van der Waals surface area (Å²) in [5.41, 5.74) is 4.73. The number of fused-ring (bicyclic) bond motifs is 4. The molecule has 2 heterocycles. The van der Waals surface area contributed by atoms with Crippen LogP contribution in [0.25, 0.3) is 17.0 Å². The summed E-state index contributed by atoms with van der Waals surface area (Å²) >= 11 is 1.62. The van der Waals surface area contributed by atoms with Crippen LogP contribution in [0.15, 0.2) is 46.4 Å². The van der Waals surface area contributed by atoms with Crippen molar-refractivity contribution in [3.05, 3.63) is 57.9 Å². The van der Waals surface area contributed by atoms with Gasteiger partial charge in [-0.1, -0.05) is 69.0 Å². The highest BCUT2D eigenvalue weighted by Crippen LogP contribution is 2.42. The van der Waals surface area contributed by atoms with Gasteiger partial charge in [-0.3, -0.25) is 4.79 Å². The second kappa shape index (κ2) is 7.48. The fourth-order valence-electron chi connectivity index (χ4n) is 4.15. The van der Waals surface area contributed by atoms with Gasteiger partial charge >= 0.3 is 0 Å². The Hall–Kier alpha value is -2.34. The minimum absolute atomic E-state index is 0.0235. The largest absolute Gasteiger partial charge is 0.268 e. The van der Waals surface area contributed by atoms with Gasteiger partial charge in [-0.15, -0.1) is 5.10 Å². The average Bonchev–Trinajstić information content (AvgIpc) is 3.03. The highest BCUT2D eigenvalue weighted by molar-refractivity contribution is 7.99. The molecule has 4 rings (SSSR count). The molecule has 0 saturated heterocycles. The lowest BCUT2D eigenvalue weighted by Gasteiger charge is -2.35. The molecule has 6 heteroatoms. The van der Waals surface area contributed by atoms with Crippen molar-refractivity contribution in [2.24, 2.45) is 0 Å². The molecule has 5 nitrogen and oxygen atoms in total. The molecule has 0 saturated carbocycles. The molecule has 0 aliphatic heterocycles. The van der Waals surface area contributed by atoms with Gasteiger partial charge < -0.3 is 0 Å². The van der Waals surface area contributed by atoms with Crippen LogP contribution in [0.3, 0.4) is 0 Å². The molecule has 152 valence electrons. The van der Waals surface area contributed by atoms with Gasteiger partial charge in [-0.25, -0.2) is 14.1 Å². The van der Waals surface area contributed by atoms with E-state index in [1.54, 1.807) is 16.2 Å². The van der Waals surface area contributed by atoms with Crippen LogP contribution in [-0.4, -0.2) is 24.9 Å². The van der Waals surface area contributed by atoms with E-state index in [4.69, 9.17) is 10.1 Å². The zero-order valence-electron chi connectivity index (χ0n) is 17.7. The van der Waals surface area contributed by atoms with E-state index >= 15 is 0 Å². The molecule has 3 aromatic rings. The van der Waals surface area contributed by atoms with Gasteiger partial charge in [0, 0.05) is 16.7 Å². The van der Waals surface area contributed by atoms with E-state index in [1.807, 2.05) is 17.7 Å². The fraction of sp³-hybridized carbons (Fsp3) is 0.435. The summed E-state index contributed by atoms with van der Waals surface area (Å²) in [6, 6.07) is 8.33.